The molecule has 0 spiro atoms. The summed E-state index contributed by atoms with van der Waals surface area (Å²) in [6.07, 6.45) is 105. The Morgan fingerprint density at radius 2 is 0.516 bits per heavy atom. The minimum absolute atomic E-state index is 0.0269. The Balaban J connectivity index is 3.33. The second kappa shape index (κ2) is 80.8. The van der Waals surface area contributed by atoms with E-state index in [-0.39, 0.29) is 18.5 Å². The Hall–Kier alpha value is -1.66. The molecule has 3 N–H and O–H groups in total. The maximum atomic E-state index is 12.5. The van der Waals surface area contributed by atoms with Crippen LogP contribution in [-0.4, -0.2) is 47.4 Å². The highest BCUT2D eigenvalue weighted by Crippen LogP contribution is 2.20. The van der Waals surface area contributed by atoms with Crippen molar-refractivity contribution in [2.75, 3.05) is 13.2 Å². The molecule has 0 saturated heterocycles. The van der Waals surface area contributed by atoms with E-state index in [4.69, 9.17) is 4.74 Å². The Labute approximate surface area is 571 Å². The first-order chi connectivity index (χ1) is 45.0. The fourth-order valence-electron chi connectivity index (χ4n) is 13.6. The van der Waals surface area contributed by atoms with E-state index >= 15 is 0 Å². The van der Waals surface area contributed by atoms with Crippen molar-refractivity contribution in [3.8, 4) is 0 Å². The van der Waals surface area contributed by atoms with E-state index in [2.05, 4.69) is 31.3 Å². The molecule has 6 heteroatoms. The molecule has 0 rings (SSSR count). The number of esters is 1. The molecular formula is C85H165NO5. The molecule has 2 unspecified atom stereocenters. The summed E-state index contributed by atoms with van der Waals surface area (Å²) >= 11 is 0. The average Bonchev–Trinajstić information content (AvgIpc) is 3.58. The molecule has 0 radical (unpaired) electrons. The van der Waals surface area contributed by atoms with E-state index in [0.29, 0.717) is 19.4 Å². The van der Waals surface area contributed by atoms with E-state index < -0.39 is 12.1 Å². The van der Waals surface area contributed by atoms with E-state index in [1.165, 1.54) is 417 Å². The molecule has 91 heavy (non-hydrogen) atoms. The summed E-state index contributed by atoms with van der Waals surface area (Å²) in [5.74, 6) is -0.0321. The van der Waals surface area contributed by atoms with Gasteiger partial charge < -0.3 is 20.3 Å². The molecule has 0 bridgehead atoms. The minimum Gasteiger partial charge on any atom is -0.466 e. The van der Waals surface area contributed by atoms with Crippen LogP contribution < -0.4 is 5.32 Å². The third-order valence-corrected chi connectivity index (χ3v) is 20.0. The largest absolute Gasteiger partial charge is 0.466 e. The van der Waals surface area contributed by atoms with Crippen LogP contribution in [0.1, 0.15) is 483 Å². The van der Waals surface area contributed by atoms with E-state index in [1.807, 2.05) is 6.08 Å². The number of aliphatic hydroxyl groups is 2. The SMILES string of the molecule is CCCCCCCCCCCCCCCCCCC/C=C/C(O)C(CO)NC(=O)CCCCCCCCCCCCCCCCCCC/C=C\CCCCCCCCCCCCCCCCCCCCOC(=O)CCCCCCCCCCCCCCCCCC. The van der Waals surface area contributed by atoms with Crippen LogP contribution in [0.3, 0.4) is 0 Å². The van der Waals surface area contributed by atoms with Gasteiger partial charge in [0.15, 0.2) is 0 Å². The minimum atomic E-state index is -0.842. The maximum Gasteiger partial charge on any atom is 0.305 e. The number of carbonyl (C=O) groups is 2. The molecule has 0 saturated carbocycles. The van der Waals surface area contributed by atoms with Crippen molar-refractivity contribution < 1.29 is 24.5 Å². The summed E-state index contributed by atoms with van der Waals surface area (Å²) in [6, 6.07) is -0.625. The van der Waals surface area contributed by atoms with Gasteiger partial charge in [-0.1, -0.05) is 436 Å². The third-order valence-electron chi connectivity index (χ3n) is 20.0. The summed E-state index contributed by atoms with van der Waals surface area (Å²) in [6.45, 7) is 4.97. The van der Waals surface area contributed by atoms with Crippen molar-refractivity contribution in [1.29, 1.82) is 0 Å². The van der Waals surface area contributed by atoms with E-state index in [1.54, 1.807) is 6.08 Å². The van der Waals surface area contributed by atoms with Gasteiger partial charge in [-0.3, -0.25) is 9.59 Å². The Morgan fingerprint density at radius 1 is 0.297 bits per heavy atom. The zero-order valence-corrected chi connectivity index (χ0v) is 62.1. The smallest absolute Gasteiger partial charge is 0.305 e. The molecule has 1 amide bonds. The lowest BCUT2D eigenvalue weighted by molar-refractivity contribution is -0.143. The second-order valence-corrected chi connectivity index (χ2v) is 29.2. The molecule has 540 valence electrons. The summed E-state index contributed by atoms with van der Waals surface area (Å²) < 4.78 is 5.51. The van der Waals surface area contributed by atoms with Gasteiger partial charge in [-0.2, -0.15) is 0 Å². The quantitative estimate of drug-likeness (QED) is 0.0320. The number of ether oxygens (including phenoxy) is 1. The maximum absolute atomic E-state index is 12.5. The number of carbonyl (C=O) groups excluding carboxylic acids is 2. The topological polar surface area (TPSA) is 95.9 Å². The number of amides is 1. The Kier molecular flexibility index (Phi) is 79.3. The van der Waals surface area contributed by atoms with Gasteiger partial charge in [0.2, 0.25) is 5.91 Å². The summed E-state index contributed by atoms with van der Waals surface area (Å²) in [5.41, 5.74) is 0. The van der Waals surface area contributed by atoms with Gasteiger partial charge in [0.1, 0.15) is 0 Å². The number of hydrogen-bond acceptors (Lipinski definition) is 5. The highest BCUT2D eigenvalue weighted by atomic mass is 16.5. The molecule has 0 heterocycles. The van der Waals surface area contributed by atoms with Gasteiger partial charge in [-0.15, -0.1) is 0 Å². The van der Waals surface area contributed by atoms with Crippen LogP contribution in [0.15, 0.2) is 24.3 Å². The van der Waals surface area contributed by atoms with Crippen molar-refractivity contribution in [3.63, 3.8) is 0 Å². The number of unbranched alkanes of at least 4 members (excludes halogenated alkanes) is 67. The van der Waals surface area contributed by atoms with Crippen molar-refractivity contribution in [3.05, 3.63) is 24.3 Å². The Bertz CT molecular complexity index is 1430. The van der Waals surface area contributed by atoms with Gasteiger partial charge in [0, 0.05) is 12.8 Å². The number of allylic oxidation sites excluding steroid dienone is 3. The van der Waals surface area contributed by atoms with Gasteiger partial charge in [-0.05, 0) is 57.8 Å². The Morgan fingerprint density at radius 3 is 0.780 bits per heavy atom. The zero-order valence-electron chi connectivity index (χ0n) is 62.1. The van der Waals surface area contributed by atoms with Crippen LogP contribution >= 0.6 is 0 Å². The van der Waals surface area contributed by atoms with E-state index in [0.717, 1.165) is 38.5 Å². The van der Waals surface area contributed by atoms with Gasteiger partial charge in [0.05, 0.1) is 25.4 Å². The fourth-order valence-corrected chi connectivity index (χ4v) is 13.6. The zero-order chi connectivity index (χ0) is 65.6. The molecule has 0 aromatic rings. The normalized spacial score (nSPS) is 12.5. The lowest BCUT2D eigenvalue weighted by Crippen LogP contribution is -2.45. The number of hydrogen-bond donors (Lipinski definition) is 3. The molecular weight excluding hydrogens is 1110 g/mol. The highest BCUT2D eigenvalue weighted by molar-refractivity contribution is 5.76. The first-order valence-electron chi connectivity index (χ1n) is 42.1. The van der Waals surface area contributed by atoms with Crippen LogP contribution in [-0.2, 0) is 14.3 Å². The molecule has 6 nitrogen and oxygen atoms in total. The average molecular weight is 1280 g/mol. The predicted octanol–water partition coefficient (Wildman–Crippen LogP) is 28.0. The van der Waals surface area contributed by atoms with Gasteiger partial charge in [-0.25, -0.2) is 0 Å². The number of rotatable bonds is 80. The van der Waals surface area contributed by atoms with Crippen LogP contribution in [0, 0.1) is 0 Å². The summed E-state index contributed by atoms with van der Waals surface area (Å²) in [7, 11) is 0. The lowest BCUT2D eigenvalue weighted by Gasteiger charge is -2.20. The first kappa shape index (κ1) is 89.3. The molecule has 2 atom stereocenters. The lowest BCUT2D eigenvalue weighted by atomic mass is 10.0. The third kappa shape index (κ3) is 77.2. The van der Waals surface area contributed by atoms with Crippen molar-refractivity contribution in [1.82, 2.24) is 5.32 Å². The van der Waals surface area contributed by atoms with Gasteiger partial charge in [0.25, 0.3) is 0 Å². The number of aliphatic hydroxyl groups excluding tert-OH is 2. The first-order valence-corrected chi connectivity index (χ1v) is 42.1. The van der Waals surface area contributed by atoms with Crippen LogP contribution in [0.25, 0.3) is 0 Å². The van der Waals surface area contributed by atoms with Crippen molar-refractivity contribution >= 4 is 11.9 Å². The van der Waals surface area contributed by atoms with Crippen molar-refractivity contribution in [2.45, 2.75) is 495 Å². The number of nitrogens with one attached hydrogen (secondary N) is 1. The second-order valence-electron chi connectivity index (χ2n) is 29.2. The van der Waals surface area contributed by atoms with Crippen LogP contribution in [0.5, 0.6) is 0 Å². The van der Waals surface area contributed by atoms with Crippen LogP contribution in [0.2, 0.25) is 0 Å². The standard InChI is InChI=1S/C85H165NO5/c1-3-5-7-9-11-13-15-17-19-21-43-46-49-53-57-61-65-69-73-77-83(88)82(81-87)86-84(89)78-74-70-66-62-58-54-50-47-44-41-39-37-35-33-31-29-27-25-23-22-24-26-28-30-32-34-36-38-40-42-45-48-52-56-60-64-68-72-76-80-91-85(90)79-75-71-67-63-59-55-51-20-18-16-14-12-10-8-6-4-2/h22-23,73,77,82-83,87-88H,3-21,24-72,74-76,78-81H2,1-2H3,(H,86,89)/b23-22-,77-73+. The molecule has 0 aromatic heterocycles. The molecule has 0 aliphatic rings. The van der Waals surface area contributed by atoms with E-state index in [9.17, 15) is 19.8 Å². The predicted molar refractivity (Wildman–Crippen MR) is 403 cm³/mol. The van der Waals surface area contributed by atoms with Gasteiger partial charge >= 0.3 is 5.97 Å². The summed E-state index contributed by atoms with van der Waals surface area (Å²) in [4.78, 5) is 24.6. The highest BCUT2D eigenvalue weighted by Gasteiger charge is 2.18. The van der Waals surface area contributed by atoms with Crippen LogP contribution in [0.4, 0.5) is 0 Å². The fraction of sp³-hybridized carbons (Fsp3) is 0.929. The molecule has 0 aliphatic carbocycles. The molecule has 0 aromatic carbocycles. The van der Waals surface area contributed by atoms with Crippen molar-refractivity contribution in [2.24, 2.45) is 0 Å². The molecule has 0 aliphatic heterocycles. The molecule has 0 fully saturated rings. The monoisotopic (exact) mass is 1280 g/mol. The summed E-state index contributed by atoms with van der Waals surface area (Å²) in [5, 5.41) is 23.3.